The van der Waals surface area contributed by atoms with Crippen molar-refractivity contribution in [2.75, 3.05) is 14.1 Å². The minimum Gasteiger partial charge on any atom is -0.391 e. The summed E-state index contributed by atoms with van der Waals surface area (Å²) >= 11 is 0. The van der Waals surface area contributed by atoms with Crippen LogP contribution in [0.3, 0.4) is 0 Å². The Morgan fingerprint density at radius 1 is 1.24 bits per heavy atom. The highest BCUT2D eigenvalue weighted by atomic mass is 16.3. The van der Waals surface area contributed by atoms with Gasteiger partial charge in [0.1, 0.15) is 0 Å². The van der Waals surface area contributed by atoms with E-state index in [9.17, 15) is 5.11 Å². The van der Waals surface area contributed by atoms with Gasteiger partial charge in [-0.05, 0) is 46.7 Å². The van der Waals surface area contributed by atoms with Crippen LogP contribution in [0.25, 0.3) is 0 Å². The highest BCUT2D eigenvalue weighted by Crippen LogP contribution is 2.35. The lowest BCUT2D eigenvalue weighted by molar-refractivity contribution is -0.0220. The molecule has 1 rings (SSSR count). The molecule has 1 N–H and O–H groups in total. The molecule has 0 saturated heterocycles. The Labute approximate surface area is 107 Å². The van der Waals surface area contributed by atoms with Gasteiger partial charge in [-0.25, -0.2) is 0 Å². The van der Waals surface area contributed by atoms with E-state index in [2.05, 4.69) is 25.6 Å². The van der Waals surface area contributed by atoms with Gasteiger partial charge in [0.05, 0.1) is 6.10 Å². The van der Waals surface area contributed by atoms with Gasteiger partial charge in [0, 0.05) is 5.54 Å². The van der Waals surface area contributed by atoms with Gasteiger partial charge in [0.25, 0.3) is 0 Å². The maximum absolute atomic E-state index is 10.6. The zero-order valence-corrected chi connectivity index (χ0v) is 11.8. The molecule has 0 bridgehead atoms. The predicted molar refractivity (Wildman–Crippen MR) is 74.2 cm³/mol. The molecule has 1 fully saturated rings. The van der Waals surface area contributed by atoms with E-state index in [4.69, 9.17) is 0 Å². The second kappa shape index (κ2) is 6.55. The molecule has 0 heterocycles. The maximum atomic E-state index is 10.6. The van der Waals surface area contributed by atoms with Crippen LogP contribution in [0.1, 0.15) is 58.3 Å². The zero-order valence-electron chi connectivity index (χ0n) is 11.8. The lowest BCUT2D eigenvalue weighted by Gasteiger charge is -2.43. The van der Waals surface area contributed by atoms with Crippen LogP contribution >= 0.6 is 0 Å². The van der Waals surface area contributed by atoms with Crippen LogP contribution in [0.2, 0.25) is 0 Å². The molecule has 0 aromatic rings. The van der Waals surface area contributed by atoms with E-state index in [0.29, 0.717) is 0 Å². The van der Waals surface area contributed by atoms with E-state index < -0.39 is 0 Å². The molecule has 0 aromatic heterocycles. The molecule has 17 heavy (non-hydrogen) atoms. The molecule has 0 spiro atoms. The van der Waals surface area contributed by atoms with Gasteiger partial charge in [0.2, 0.25) is 0 Å². The fourth-order valence-corrected chi connectivity index (χ4v) is 3.07. The Balaban J connectivity index is 2.71. The first-order valence-electron chi connectivity index (χ1n) is 6.99. The number of aliphatic hydroxyl groups is 1. The van der Waals surface area contributed by atoms with Crippen molar-refractivity contribution >= 4 is 0 Å². The van der Waals surface area contributed by atoms with E-state index in [1.54, 1.807) is 0 Å². The standard InChI is InChI=1S/C15H29NO/c1-13(2)9-10-14(17)15(16(3)4)11-7-5-6-8-12-15/h14,17H,1,5-12H2,2-4H3. The van der Waals surface area contributed by atoms with Crippen molar-refractivity contribution in [3.8, 4) is 0 Å². The van der Waals surface area contributed by atoms with Gasteiger partial charge in [-0.2, -0.15) is 0 Å². The summed E-state index contributed by atoms with van der Waals surface area (Å²) in [6.45, 7) is 5.98. The second-order valence-corrected chi connectivity index (χ2v) is 5.92. The quantitative estimate of drug-likeness (QED) is 0.587. The molecule has 0 amide bonds. The normalized spacial score (nSPS) is 22.2. The molecule has 0 radical (unpaired) electrons. The topological polar surface area (TPSA) is 23.5 Å². The van der Waals surface area contributed by atoms with Crippen molar-refractivity contribution in [3.05, 3.63) is 12.2 Å². The van der Waals surface area contributed by atoms with Crippen molar-refractivity contribution in [2.24, 2.45) is 0 Å². The third-order valence-electron chi connectivity index (χ3n) is 4.32. The summed E-state index contributed by atoms with van der Waals surface area (Å²) in [5.41, 5.74) is 1.18. The number of likely N-dealkylation sites (N-methyl/N-ethyl adjacent to an activating group) is 1. The monoisotopic (exact) mass is 239 g/mol. The molecule has 1 atom stereocenters. The first-order valence-corrected chi connectivity index (χ1v) is 6.99. The van der Waals surface area contributed by atoms with Gasteiger partial charge >= 0.3 is 0 Å². The van der Waals surface area contributed by atoms with E-state index in [1.807, 2.05) is 6.92 Å². The van der Waals surface area contributed by atoms with E-state index in [-0.39, 0.29) is 11.6 Å². The van der Waals surface area contributed by atoms with Crippen LogP contribution in [0.4, 0.5) is 0 Å². The molecule has 1 unspecified atom stereocenters. The van der Waals surface area contributed by atoms with Crippen molar-refractivity contribution < 1.29 is 5.11 Å². The Morgan fingerprint density at radius 2 is 1.76 bits per heavy atom. The Morgan fingerprint density at radius 3 is 2.18 bits per heavy atom. The van der Waals surface area contributed by atoms with Crippen LogP contribution in [0, 0.1) is 0 Å². The second-order valence-electron chi connectivity index (χ2n) is 5.92. The van der Waals surface area contributed by atoms with Crippen LogP contribution in [-0.4, -0.2) is 35.7 Å². The summed E-state index contributed by atoms with van der Waals surface area (Å²) in [5, 5.41) is 10.6. The molecular formula is C15H29NO. The van der Waals surface area contributed by atoms with Crippen molar-refractivity contribution in [2.45, 2.75) is 69.9 Å². The van der Waals surface area contributed by atoms with E-state index in [0.717, 1.165) is 25.7 Å². The van der Waals surface area contributed by atoms with Crippen molar-refractivity contribution in [3.63, 3.8) is 0 Å². The fourth-order valence-electron chi connectivity index (χ4n) is 3.07. The largest absolute Gasteiger partial charge is 0.391 e. The van der Waals surface area contributed by atoms with Crippen LogP contribution < -0.4 is 0 Å². The number of nitrogens with zero attached hydrogens (tertiary/aromatic N) is 1. The third kappa shape index (κ3) is 3.82. The van der Waals surface area contributed by atoms with E-state index >= 15 is 0 Å². The summed E-state index contributed by atoms with van der Waals surface area (Å²) in [6, 6.07) is 0. The van der Waals surface area contributed by atoms with Crippen LogP contribution in [0.5, 0.6) is 0 Å². The maximum Gasteiger partial charge on any atom is 0.0726 e. The molecule has 2 heteroatoms. The molecule has 1 saturated carbocycles. The predicted octanol–water partition coefficient (Wildman–Crippen LogP) is 3.36. The number of hydrogen-bond acceptors (Lipinski definition) is 2. The Hall–Kier alpha value is -0.340. The average Bonchev–Trinajstić information content (AvgIpc) is 2.51. The lowest BCUT2D eigenvalue weighted by atomic mass is 9.81. The number of allylic oxidation sites excluding steroid dienone is 1. The van der Waals surface area contributed by atoms with Crippen LogP contribution in [0.15, 0.2) is 12.2 Å². The van der Waals surface area contributed by atoms with Gasteiger partial charge < -0.3 is 10.0 Å². The Kier molecular flexibility index (Phi) is 5.68. The lowest BCUT2D eigenvalue weighted by Crippen LogP contribution is -2.53. The number of rotatable bonds is 5. The minimum atomic E-state index is -0.215. The van der Waals surface area contributed by atoms with Crippen molar-refractivity contribution in [1.82, 2.24) is 4.90 Å². The zero-order chi connectivity index (χ0) is 12.9. The molecule has 0 aromatic carbocycles. The first kappa shape index (κ1) is 14.7. The Bertz CT molecular complexity index is 239. The number of aliphatic hydroxyl groups excluding tert-OH is 1. The molecule has 100 valence electrons. The number of hydrogen-bond donors (Lipinski definition) is 1. The van der Waals surface area contributed by atoms with Gasteiger partial charge in [-0.3, -0.25) is 0 Å². The summed E-state index contributed by atoms with van der Waals surface area (Å²) in [4.78, 5) is 2.27. The summed E-state index contributed by atoms with van der Waals surface area (Å²) in [7, 11) is 4.24. The summed E-state index contributed by atoms with van der Waals surface area (Å²) < 4.78 is 0. The molecule has 0 aliphatic heterocycles. The molecular weight excluding hydrogens is 210 g/mol. The van der Waals surface area contributed by atoms with Crippen LogP contribution in [-0.2, 0) is 0 Å². The molecule has 1 aliphatic rings. The van der Waals surface area contributed by atoms with Gasteiger partial charge in [0.15, 0.2) is 0 Å². The smallest absolute Gasteiger partial charge is 0.0726 e. The van der Waals surface area contributed by atoms with Gasteiger partial charge in [-0.15, -0.1) is 6.58 Å². The first-order chi connectivity index (χ1) is 7.99. The summed E-state index contributed by atoms with van der Waals surface area (Å²) in [6.07, 6.45) is 9.00. The van der Waals surface area contributed by atoms with E-state index in [1.165, 1.54) is 31.3 Å². The molecule has 1 aliphatic carbocycles. The highest BCUT2D eigenvalue weighted by molar-refractivity contribution is 4.98. The highest BCUT2D eigenvalue weighted by Gasteiger charge is 2.39. The summed E-state index contributed by atoms with van der Waals surface area (Å²) in [5.74, 6) is 0. The molecule has 2 nitrogen and oxygen atoms in total. The minimum absolute atomic E-state index is 0.00590. The fraction of sp³-hybridized carbons (Fsp3) is 0.867. The SMILES string of the molecule is C=C(C)CCC(O)C1(N(C)C)CCCCCC1. The average molecular weight is 239 g/mol. The third-order valence-corrected chi connectivity index (χ3v) is 4.32. The van der Waals surface area contributed by atoms with Gasteiger partial charge in [-0.1, -0.05) is 31.3 Å². The van der Waals surface area contributed by atoms with Crippen molar-refractivity contribution in [1.29, 1.82) is 0 Å².